The van der Waals surface area contributed by atoms with Gasteiger partial charge in [-0.1, -0.05) is 12.1 Å². The van der Waals surface area contributed by atoms with E-state index in [-0.39, 0.29) is 24.3 Å². The van der Waals surface area contributed by atoms with E-state index in [0.29, 0.717) is 37.2 Å². The van der Waals surface area contributed by atoms with Crippen LogP contribution >= 0.6 is 0 Å². The Bertz CT molecular complexity index is 1090. The van der Waals surface area contributed by atoms with Crippen LogP contribution in [0.25, 0.3) is 0 Å². The fourth-order valence-electron chi connectivity index (χ4n) is 4.92. The van der Waals surface area contributed by atoms with Gasteiger partial charge in [0.25, 0.3) is 5.91 Å². The second kappa shape index (κ2) is 11.3. The van der Waals surface area contributed by atoms with Gasteiger partial charge in [-0.05, 0) is 76.0 Å². The third-order valence-corrected chi connectivity index (χ3v) is 6.89. The number of carbonyl (C=O) groups is 2. The number of ether oxygens (including phenoxy) is 1. The molecule has 200 valence electrons. The number of hydrogen-bond donors (Lipinski definition) is 3. The number of primary amides is 1. The van der Waals surface area contributed by atoms with Crippen LogP contribution in [0.1, 0.15) is 68.4 Å². The second-order valence-electron chi connectivity index (χ2n) is 10.9. The van der Waals surface area contributed by atoms with Crippen molar-refractivity contribution in [1.29, 1.82) is 0 Å². The van der Waals surface area contributed by atoms with E-state index < -0.39 is 11.5 Å². The topological polar surface area (TPSA) is 134 Å². The first-order chi connectivity index (χ1) is 17.6. The minimum Gasteiger partial charge on any atom is -0.444 e. The van der Waals surface area contributed by atoms with Gasteiger partial charge in [-0.25, -0.2) is 14.8 Å². The number of hydrogen-bond acceptors (Lipinski definition) is 8. The lowest BCUT2D eigenvalue weighted by atomic mass is 9.89. The molecule has 0 spiro atoms. The molecule has 2 aliphatic rings. The molecule has 1 aromatic heterocycles. The van der Waals surface area contributed by atoms with Crippen molar-refractivity contribution >= 4 is 29.3 Å². The number of likely N-dealkylation sites (tertiary alicyclic amines) is 1. The average molecular weight is 511 g/mol. The van der Waals surface area contributed by atoms with Crippen molar-refractivity contribution in [2.45, 2.75) is 58.0 Å². The molecule has 0 unspecified atom stereocenters. The lowest BCUT2D eigenvalue weighted by molar-refractivity contribution is 0.0204. The smallest absolute Gasteiger partial charge is 0.410 e. The van der Waals surface area contributed by atoms with Crippen LogP contribution in [0.3, 0.4) is 0 Å². The maximum Gasteiger partial charge on any atom is 0.410 e. The Labute approximate surface area is 218 Å². The SMILES string of the molecule is CC(C)(C)OC(=O)N1CCC(c2ccc(Nc3nc(N4CCC[C@@H](CO)C4)cnc3C(N)=O)cc2)CC1. The number of nitrogens with zero attached hydrogens (tertiary/aromatic N) is 4. The van der Waals surface area contributed by atoms with E-state index in [1.807, 2.05) is 32.9 Å². The summed E-state index contributed by atoms with van der Waals surface area (Å²) < 4.78 is 5.50. The maximum atomic E-state index is 12.3. The zero-order valence-electron chi connectivity index (χ0n) is 21.9. The molecule has 1 atom stereocenters. The molecule has 4 N–H and O–H groups in total. The standard InChI is InChI=1S/C27H38N6O4/c1-27(2,3)37-26(36)32-13-10-20(11-14-32)19-6-8-21(9-7-19)30-25-23(24(28)35)29-15-22(31-25)33-12-4-5-18(16-33)17-34/h6-9,15,18,20,34H,4-5,10-14,16-17H2,1-3H3,(H2,28,35)(H,30,31)/t18-/m1/s1. The number of nitrogens with one attached hydrogen (secondary N) is 1. The van der Waals surface area contributed by atoms with Gasteiger partial charge in [0.05, 0.1) is 6.20 Å². The largest absolute Gasteiger partial charge is 0.444 e. The minimum absolute atomic E-state index is 0.0815. The van der Waals surface area contributed by atoms with Gasteiger partial charge in [0, 0.05) is 38.5 Å². The number of benzene rings is 1. The molecular weight excluding hydrogens is 472 g/mol. The van der Waals surface area contributed by atoms with Crippen LogP contribution in [0, 0.1) is 5.92 Å². The first-order valence-corrected chi connectivity index (χ1v) is 13.0. The van der Waals surface area contributed by atoms with Gasteiger partial charge in [-0.3, -0.25) is 4.79 Å². The summed E-state index contributed by atoms with van der Waals surface area (Å²) in [5.74, 6) is 0.872. The molecule has 1 aromatic carbocycles. The Hall–Kier alpha value is -3.40. The molecule has 10 heteroatoms. The van der Waals surface area contributed by atoms with Crippen LogP contribution in [0.4, 0.5) is 22.1 Å². The van der Waals surface area contributed by atoms with Gasteiger partial charge in [-0.2, -0.15) is 0 Å². The Morgan fingerprint density at radius 3 is 2.46 bits per heavy atom. The highest BCUT2D eigenvalue weighted by Crippen LogP contribution is 2.31. The fraction of sp³-hybridized carbons (Fsp3) is 0.556. The van der Waals surface area contributed by atoms with E-state index in [0.717, 1.165) is 37.9 Å². The molecular formula is C27H38N6O4. The summed E-state index contributed by atoms with van der Waals surface area (Å²) in [4.78, 5) is 37.2. The van der Waals surface area contributed by atoms with E-state index >= 15 is 0 Å². The average Bonchev–Trinajstić information content (AvgIpc) is 2.88. The number of aliphatic hydroxyl groups is 1. The number of amides is 2. The van der Waals surface area contributed by atoms with E-state index in [4.69, 9.17) is 10.5 Å². The van der Waals surface area contributed by atoms with Crippen molar-refractivity contribution in [3.63, 3.8) is 0 Å². The van der Waals surface area contributed by atoms with Gasteiger partial charge in [-0.15, -0.1) is 0 Å². The molecule has 10 nitrogen and oxygen atoms in total. The monoisotopic (exact) mass is 510 g/mol. The van der Waals surface area contributed by atoms with Crippen LogP contribution < -0.4 is 16.0 Å². The number of aromatic nitrogens is 2. The summed E-state index contributed by atoms with van der Waals surface area (Å²) in [5.41, 5.74) is 7.12. The molecule has 2 saturated heterocycles. The number of rotatable bonds is 6. The summed E-state index contributed by atoms with van der Waals surface area (Å²) in [7, 11) is 0. The Balaban J connectivity index is 1.41. The van der Waals surface area contributed by atoms with Gasteiger partial charge in [0.1, 0.15) is 11.4 Å². The van der Waals surface area contributed by atoms with Gasteiger partial charge in [0.15, 0.2) is 11.5 Å². The molecule has 0 aliphatic carbocycles. The first kappa shape index (κ1) is 26.7. The first-order valence-electron chi connectivity index (χ1n) is 13.0. The normalized spacial score (nSPS) is 19.0. The van der Waals surface area contributed by atoms with Crippen molar-refractivity contribution in [2.75, 3.05) is 43.0 Å². The zero-order chi connectivity index (χ0) is 26.6. The number of anilines is 3. The quantitative estimate of drug-likeness (QED) is 0.536. The molecule has 0 radical (unpaired) electrons. The van der Waals surface area contributed by atoms with Crippen molar-refractivity contribution in [3.8, 4) is 0 Å². The van der Waals surface area contributed by atoms with Gasteiger partial charge in [0.2, 0.25) is 0 Å². The molecule has 0 saturated carbocycles. The van der Waals surface area contributed by atoms with Crippen LogP contribution in [0.2, 0.25) is 0 Å². The van der Waals surface area contributed by atoms with E-state index in [1.54, 1.807) is 11.1 Å². The minimum atomic E-state index is -0.651. The molecule has 4 rings (SSSR count). The number of carbonyl (C=O) groups excluding carboxylic acids is 2. The Morgan fingerprint density at radius 1 is 1.14 bits per heavy atom. The van der Waals surface area contributed by atoms with Crippen LogP contribution in [-0.4, -0.2) is 70.4 Å². The molecule has 2 amide bonds. The Kier molecular flexibility index (Phi) is 8.16. The molecule has 37 heavy (non-hydrogen) atoms. The predicted molar refractivity (Wildman–Crippen MR) is 142 cm³/mol. The number of piperidine rings is 2. The van der Waals surface area contributed by atoms with Crippen molar-refractivity contribution < 1.29 is 19.4 Å². The number of nitrogens with two attached hydrogens (primary N) is 1. The van der Waals surface area contributed by atoms with Crippen LogP contribution in [-0.2, 0) is 4.74 Å². The third-order valence-electron chi connectivity index (χ3n) is 6.89. The molecule has 0 bridgehead atoms. The highest BCUT2D eigenvalue weighted by atomic mass is 16.6. The molecule has 2 aromatic rings. The van der Waals surface area contributed by atoms with E-state index in [1.165, 1.54) is 5.56 Å². The predicted octanol–water partition coefficient (Wildman–Crippen LogP) is 3.64. The van der Waals surface area contributed by atoms with Gasteiger partial charge >= 0.3 is 6.09 Å². The summed E-state index contributed by atoms with van der Waals surface area (Å²) >= 11 is 0. The lowest BCUT2D eigenvalue weighted by Gasteiger charge is -2.33. The molecule has 2 aliphatic heterocycles. The van der Waals surface area contributed by atoms with Crippen molar-refractivity contribution in [3.05, 3.63) is 41.7 Å². The summed E-state index contributed by atoms with van der Waals surface area (Å²) in [6.45, 7) is 8.62. The number of aliphatic hydroxyl groups excluding tert-OH is 1. The third kappa shape index (κ3) is 6.88. The van der Waals surface area contributed by atoms with Crippen LogP contribution in [0.5, 0.6) is 0 Å². The lowest BCUT2D eigenvalue weighted by Crippen LogP contribution is -2.41. The second-order valence-corrected chi connectivity index (χ2v) is 10.9. The summed E-state index contributed by atoms with van der Waals surface area (Å²) in [6, 6.07) is 8.04. The maximum absolute atomic E-state index is 12.3. The highest BCUT2D eigenvalue weighted by molar-refractivity contribution is 5.96. The Morgan fingerprint density at radius 2 is 1.84 bits per heavy atom. The zero-order valence-corrected chi connectivity index (χ0v) is 21.9. The van der Waals surface area contributed by atoms with Crippen LogP contribution in [0.15, 0.2) is 30.5 Å². The summed E-state index contributed by atoms with van der Waals surface area (Å²) in [5, 5.41) is 12.8. The molecule has 3 heterocycles. The van der Waals surface area contributed by atoms with E-state index in [2.05, 4.69) is 32.3 Å². The highest BCUT2D eigenvalue weighted by Gasteiger charge is 2.28. The van der Waals surface area contributed by atoms with Crippen molar-refractivity contribution in [2.24, 2.45) is 11.7 Å². The fourth-order valence-corrected chi connectivity index (χ4v) is 4.92. The van der Waals surface area contributed by atoms with Gasteiger partial charge < -0.3 is 30.7 Å². The van der Waals surface area contributed by atoms with E-state index in [9.17, 15) is 14.7 Å². The summed E-state index contributed by atoms with van der Waals surface area (Å²) in [6.07, 6.45) is 5.00. The van der Waals surface area contributed by atoms with Crippen molar-refractivity contribution in [1.82, 2.24) is 14.9 Å². The molecule has 2 fully saturated rings.